The van der Waals surface area contributed by atoms with E-state index in [9.17, 15) is 0 Å². The van der Waals surface area contributed by atoms with Crippen LogP contribution in [0.5, 0.6) is 0 Å². The van der Waals surface area contributed by atoms with Crippen molar-refractivity contribution in [1.82, 2.24) is 4.98 Å². The highest BCUT2D eigenvalue weighted by molar-refractivity contribution is 7.22. The van der Waals surface area contributed by atoms with E-state index in [1.807, 2.05) is 22.7 Å². The number of benzene rings is 3. The van der Waals surface area contributed by atoms with Gasteiger partial charge in [-0.3, -0.25) is 4.99 Å². The van der Waals surface area contributed by atoms with Crippen molar-refractivity contribution in [2.75, 3.05) is 0 Å². The predicted octanol–water partition coefficient (Wildman–Crippen LogP) is 10.6. The third-order valence-corrected chi connectivity index (χ3v) is 9.70. The Bertz CT molecular complexity index is 1850. The summed E-state index contributed by atoms with van der Waals surface area (Å²) in [4.78, 5) is 11.3. The molecular weight excluding hydrogens is 513 g/mol. The van der Waals surface area contributed by atoms with Gasteiger partial charge in [0.15, 0.2) is 0 Å². The van der Waals surface area contributed by atoms with E-state index in [-0.39, 0.29) is 0 Å². The lowest BCUT2D eigenvalue weighted by Crippen LogP contribution is -1.97. The van der Waals surface area contributed by atoms with Crippen molar-refractivity contribution in [1.29, 1.82) is 0 Å². The predicted molar refractivity (Wildman–Crippen MR) is 171 cm³/mol. The zero-order valence-corrected chi connectivity index (χ0v) is 24.1. The fourth-order valence-electron chi connectivity index (χ4n) is 5.62. The Morgan fingerprint density at radius 2 is 1.28 bits per heavy atom. The van der Waals surface area contributed by atoms with Crippen LogP contribution in [0.15, 0.2) is 107 Å². The van der Waals surface area contributed by atoms with Crippen molar-refractivity contribution in [2.24, 2.45) is 4.99 Å². The molecule has 0 radical (unpaired) electrons. The second kappa shape index (κ2) is 9.33. The van der Waals surface area contributed by atoms with Crippen LogP contribution in [0, 0.1) is 13.8 Å². The van der Waals surface area contributed by atoms with Crippen LogP contribution in [-0.2, 0) is 0 Å². The smallest absolute Gasteiger partial charge is 0.0761 e. The summed E-state index contributed by atoms with van der Waals surface area (Å²) >= 11 is 3.71. The largest absolute Gasteiger partial charge is 0.358 e. The highest BCUT2D eigenvalue weighted by Crippen LogP contribution is 2.43. The Morgan fingerprint density at radius 3 is 1.77 bits per heavy atom. The maximum Gasteiger partial charge on any atom is 0.0761 e. The zero-order valence-electron chi connectivity index (χ0n) is 22.4. The number of nitrogens with one attached hydrogen (secondary N) is 1. The van der Waals surface area contributed by atoms with Crippen LogP contribution in [0.4, 0.5) is 0 Å². The van der Waals surface area contributed by atoms with E-state index in [0.29, 0.717) is 0 Å². The van der Waals surface area contributed by atoms with Gasteiger partial charge in [0.05, 0.1) is 11.4 Å². The van der Waals surface area contributed by atoms with Gasteiger partial charge in [0.1, 0.15) is 0 Å². The zero-order chi connectivity index (χ0) is 26.7. The molecule has 0 bridgehead atoms. The molecule has 1 N–H and O–H groups in total. The maximum atomic E-state index is 5.04. The van der Waals surface area contributed by atoms with Gasteiger partial charge in [-0.15, -0.1) is 22.7 Å². The first-order valence-corrected chi connectivity index (χ1v) is 14.8. The van der Waals surface area contributed by atoms with Crippen molar-refractivity contribution in [3.8, 4) is 20.9 Å². The summed E-state index contributed by atoms with van der Waals surface area (Å²) in [5.74, 6) is 0. The fourth-order valence-corrected chi connectivity index (χ4v) is 7.72. The van der Waals surface area contributed by atoms with Gasteiger partial charge in [0.25, 0.3) is 0 Å². The second-order valence-corrected chi connectivity index (χ2v) is 12.6. The summed E-state index contributed by atoms with van der Waals surface area (Å²) in [6.45, 7) is 8.56. The highest BCUT2D eigenvalue weighted by atomic mass is 32.1. The van der Waals surface area contributed by atoms with Crippen molar-refractivity contribution in [2.45, 2.75) is 27.7 Å². The minimum atomic E-state index is 1.05. The number of hydrogen-bond donors (Lipinski definition) is 1. The number of allylic oxidation sites excluding steroid dienone is 2. The van der Waals surface area contributed by atoms with Gasteiger partial charge in [0.2, 0.25) is 0 Å². The van der Waals surface area contributed by atoms with E-state index < -0.39 is 0 Å². The molecule has 3 aromatic carbocycles. The van der Waals surface area contributed by atoms with Crippen LogP contribution >= 0.6 is 22.7 Å². The van der Waals surface area contributed by atoms with Crippen LogP contribution < -0.4 is 0 Å². The van der Waals surface area contributed by atoms with E-state index in [2.05, 4.69) is 124 Å². The summed E-state index contributed by atoms with van der Waals surface area (Å²) in [6, 6.07) is 31.3. The number of H-pyrrole nitrogens is 1. The number of aryl methyl sites for hydroxylation is 2. The Balaban J connectivity index is 1.53. The van der Waals surface area contributed by atoms with Crippen LogP contribution in [0.25, 0.3) is 46.6 Å². The van der Waals surface area contributed by atoms with Crippen LogP contribution in [0.2, 0.25) is 0 Å². The molecule has 0 saturated carbocycles. The van der Waals surface area contributed by atoms with Gasteiger partial charge < -0.3 is 4.98 Å². The molecule has 2 nitrogen and oxygen atoms in total. The molecule has 0 aliphatic carbocycles. The Morgan fingerprint density at radius 1 is 0.692 bits per heavy atom. The average molecular weight is 541 g/mol. The van der Waals surface area contributed by atoms with Crippen molar-refractivity contribution < 1.29 is 0 Å². The lowest BCUT2D eigenvalue weighted by molar-refractivity contribution is 1.21. The molecule has 0 spiro atoms. The normalized spacial score (nSPS) is 14.8. The molecule has 6 aromatic rings. The van der Waals surface area contributed by atoms with Gasteiger partial charge in [0, 0.05) is 36.1 Å². The van der Waals surface area contributed by atoms with E-state index in [0.717, 1.165) is 28.4 Å². The third-order valence-electron chi connectivity index (χ3n) is 7.37. The molecule has 3 aromatic heterocycles. The number of aliphatic imine (C=N–C) groups is 1. The summed E-state index contributed by atoms with van der Waals surface area (Å²) in [5.41, 5.74) is 11.7. The molecule has 4 heterocycles. The molecule has 1 aliphatic rings. The SMILES string of the molecule is CC1=CC(C)=NC1=C(c1cc(-c2cc3ccccc3s2)cc(-c2cc3ccccc3s2)c1)c1[nH]c(C)cc1C. The number of rotatable bonds is 4. The van der Waals surface area contributed by atoms with Gasteiger partial charge in [-0.05, 0) is 121 Å². The third kappa shape index (κ3) is 4.30. The molecule has 0 unspecified atom stereocenters. The van der Waals surface area contributed by atoms with Crippen molar-refractivity contribution >= 4 is 54.1 Å². The molecule has 7 rings (SSSR count). The average Bonchev–Trinajstić information content (AvgIpc) is 3.69. The first-order chi connectivity index (χ1) is 18.9. The first-order valence-electron chi connectivity index (χ1n) is 13.2. The number of thiophene rings is 2. The Labute approximate surface area is 236 Å². The summed E-state index contributed by atoms with van der Waals surface area (Å²) < 4.78 is 2.62. The molecule has 0 amide bonds. The van der Waals surface area contributed by atoms with Gasteiger partial charge in [-0.25, -0.2) is 0 Å². The molecule has 39 heavy (non-hydrogen) atoms. The molecule has 1 aliphatic heterocycles. The quantitative estimate of drug-likeness (QED) is 0.230. The lowest BCUT2D eigenvalue weighted by atomic mass is 9.92. The number of hydrogen-bond acceptors (Lipinski definition) is 3. The van der Waals surface area contributed by atoms with Crippen LogP contribution in [-0.4, -0.2) is 10.7 Å². The van der Waals surface area contributed by atoms with Gasteiger partial charge >= 0.3 is 0 Å². The number of aromatic amines is 1. The molecule has 0 saturated heterocycles. The van der Waals surface area contributed by atoms with Crippen LogP contribution in [0.3, 0.4) is 0 Å². The van der Waals surface area contributed by atoms with E-state index in [1.165, 1.54) is 57.8 Å². The standard InChI is InChI=1S/C35H28N2S2/c1-20-13-22(3)36-34(20)33(35-21(2)14-23(4)37-35)28-16-26(31-18-24-9-5-7-11-29(24)38-31)15-27(17-28)32-19-25-10-6-8-12-30(25)39-32/h5-19,36H,1-4H3. The fraction of sp³-hybridized carbons (Fsp3) is 0.114. The second-order valence-electron chi connectivity index (χ2n) is 10.4. The minimum absolute atomic E-state index is 1.05. The first kappa shape index (κ1) is 24.1. The summed E-state index contributed by atoms with van der Waals surface area (Å²) in [6.07, 6.45) is 2.18. The number of fused-ring (bicyclic) bond motifs is 2. The van der Waals surface area contributed by atoms with Gasteiger partial charge in [-0.2, -0.15) is 0 Å². The molecular formula is C35H28N2S2. The number of aromatic nitrogens is 1. The van der Waals surface area contributed by atoms with Crippen molar-refractivity contribution in [3.63, 3.8) is 0 Å². The number of nitrogens with zero attached hydrogens (tertiary/aromatic N) is 1. The topological polar surface area (TPSA) is 28.1 Å². The van der Waals surface area contributed by atoms with Crippen molar-refractivity contribution in [3.05, 3.63) is 125 Å². The van der Waals surface area contributed by atoms with E-state index in [4.69, 9.17) is 4.99 Å². The molecule has 4 heteroatoms. The summed E-state index contributed by atoms with van der Waals surface area (Å²) in [7, 11) is 0. The maximum absolute atomic E-state index is 5.04. The Kier molecular flexibility index (Phi) is 5.76. The minimum Gasteiger partial charge on any atom is -0.358 e. The van der Waals surface area contributed by atoms with Gasteiger partial charge in [-0.1, -0.05) is 36.4 Å². The molecule has 0 atom stereocenters. The Hall–Kier alpha value is -3.99. The molecule has 0 fully saturated rings. The van der Waals surface area contributed by atoms with E-state index >= 15 is 0 Å². The van der Waals surface area contributed by atoms with Crippen LogP contribution in [0.1, 0.15) is 36.4 Å². The lowest BCUT2D eigenvalue weighted by Gasteiger charge is -2.15. The van der Waals surface area contributed by atoms with E-state index in [1.54, 1.807) is 0 Å². The molecule has 190 valence electrons. The monoisotopic (exact) mass is 540 g/mol. The highest BCUT2D eigenvalue weighted by Gasteiger charge is 2.22. The summed E-state index contributed by atoms with van der Waals surface area (Å²) in [5, 5.41) is 2.58.